The number of carboxylic acid groups (broad SMARTS) is 1. The molecule has 110 valence electrons. The number of ether oxygens (including phenoxy) is 2. The Kier molecular flexibility index (Phi) is 3.88. The molecule has 1 atom stereocenters. The number of aromatic carboxylic acids is 1. The number of carboxylic acids is 1. The van der Waals surface area contributed by atoms with Crippen LogP contribution in [-0.2, 0) is 0 Å². The van der Waals surface area contributed by atoms with Gasteiger partial charge < -0.3 is 19.7 Å². The summed E-state index contributed by atoms with van der Waals surface area (Å²) in [5.74, 6) is 0.0850. The summed E-state index contributed by atoms with van der Waals surface area (Å²) in [7, 11) is 0. The SMILES string of the molecule is O=C(O)c1ccsc1C(O)c1cc(Br)c2c(c1)OCCO2. The zero-order valence-electron chi connectivity index (χ0n) is 10.7. The van der Waals surface area contributed by atoms with Gasteiger partial charge in [0.1, 0.15) is 19.3 Å². The van der Waals surface area contributed by atoms with Crippen molar-refractivity contribution in [2.75, 3.05) is 13.2 Å². The van der Waals surface area contributed by atoms with Gasteiger partial charge in [-0.05, 0) is 45.1 Å². The number of hydrogen-bond donors (Lipinski definition) is 2. The number of halogens is 1. The molecule has 0 spiro atoms. The standard InChI is InChI=1S/C14H11BrO5S/c15-9-5-7(6-10-12(9)20-3-2-19-10)11(16)13-8(14(17)18)1-4-21-13/h1,4-6,11,16H,2-3H2,(H,17,18). The maximum atomic E-state index is 11.2. The molecule has 2 aromatic rings. The predicted molar refractivity (Wildman–Crippen MR) is 80.5 cm³/mol. The second-order valence-corrected chi connectivity index (χ2v) is 6.24. The van der Waals surface area contributed by atoms with Crippen LogP contribution in [0.25, 0.3) is 0 Å². The molecule has 3 rings (SSSR count). The second kappa shape index (κ2) is 5.67. The topological polar surface area (TPSA) is 76.0 Å². The van der Waals surface area contributed by atoms with E-state index in [0.29, 0.717) is 39.6 Å². The number of hydrogen-bond acceptors (Lipinski definition) is 5. The maximum absolute atomic E-state index is 11.2. The van der Waals surface area contributed by atoms with Crippen LogP contribution in [0, 0.1) is 0 Å². The van der Waals surface area contributed by atoms with Gasteiger partial charge in [0, 0.05) is 0 Å². The Labute approximate surface area is 132 Å². The summed E-state index contributed by atoms with van der Waals surface area (Å²) in [4.78, 5) is 11.6. The van der Waals surface area contributed by atoms with Crippen molar-refractivity contribution in [3.05, 3.63) is 44.1 Å². The lowest BCUT2D eigenvalue weighted by atomic mass is 10.0. The van der Waals surface area contributed by atoms with Crippen LogP contribution in [-0.4, -0.2) is 29.4 Å². The predicted octanol–water partition coefficient (Wildman–Crippen LogP) is 3.06. The molecule has 1 aromatic carbocycles. The number of fused-ring (bicyclic) bond motifs is 1. The Bertz CT molecular complexity index is 697. The molecule has 0 aliphatic carbocycles. The molecule has 1 aliphatic rings. The van der Waals surface area contributed by atoms with E-state index in [-0.39, 0.29) is 5.56 Å². The van der Waals surface area contributed by atoms with Crippen molar-refractivity contribution in [1.29, 1.82) is 0 Å². The summed E-state index contributed by atoms with van der Waals surface area (Å²) in [5.41, 5.74) is 0.662. The van der Waals surface area contributed by atoms with Crippen LogP contribution < -0.4 is 9.47 Å². The fourth-order valence-corrected chi connectivity index (χ4v) is 3.62. The van der Waals surface area contributed by atoms with E-state index >= 15 is 0 Å². The van der Waals surface area contributed by atoms with E-state index in [1.165, 1.54) is 17.4 Å². The molecule has 0 bridgehead atoms. The van der Waals surface area contributed by atoms with Crippen LogP contribution >= 0.6 is 27.3 Å². The Hall–Kier alpha value is -1.57. The lowest BCUT2D eigenvalue weighted by Gasteiger charge is -2.21. The first-order valence-corrected chi connectivity index (χ1v) is 7.83. The van der Waals surface area contributed by atoms with Crippen LogP contribution in [0.2, 0.25) is 0 Å². The number of thiophene rings is 1. The Morgan fingerprint density at radius 2 is 2.10 bits per heavy atom. The normalized spacial score (nSPS) is 14.8. The van der Waals surface area contributed by atoms with Crippen molar-refractivity contribution in [3.8, 4) is 11.5 Å². The van der Waals surface area contributed by atoms with Crippen LogP contribution in [0.5, 0.6) is 11.5 Å². The highest BCUT2D eigenvalue weighted by Gasteiger charge is 2.24. The summed E-state index contributed by atoms with van der Waals surface area (Å²) in [6.07, 6.45) is -1.02. The van der Waals surface area contributed by atoms with E-state index in [2.05, 4.69) is 15.9 Å². The lowest BCUT2D eigenvalue weighted by molar-refractivity contribution is 0.0692. The van der Waals surface area contributed by atoms with Crippen molar-refractivity contribution in [2.45, 2.75) is 6.10 Å². The van der Waals surface area contributed by atoms with Gasteiger partial charge >= 0.3 is 5.97 Å². The average molecular weight is 371 g/mol. The van der Waals surface area contributed by atoms with Gasteiger partial charge in [-0.25, -0.2) is 4.79 Å². The molecule has 2 N–H and O–H groups in total. The highest BCUT2D eigenvalue weighted by molar-refractivity contribution is 9.10. The fraction of sp³-hybridized carbons (Fsp3) is 0.214. The number of aliphatic hydroxyl groups is 1. The van der Waals surface area contributed by atoms with E-state index in [0.717, 1.165) is 0 Å². The molecule has 0 amide bonds. The molecule has 2 heterocycles. The van der Waals surface area contributed by atoms with Gasteiger partial charge in [-0.1, -0.05) is 0 Å². The molecule has 7 heteroatoms. The third kappa shape index (κ3) is 2.64. The van der Waals surface area contributed by atoms with Crippen LogP contribution in [0.3, 0.4) is 0 Å². The van der Waals surface area contributed by atoms with Gasteiger partial charge in [-0.3, -0.25) is 0 Å². The lowest BCUT2D eigenvalue weighted by Crippen LogP contribution is -2.16. The molecule has 1 aliphatic heterocycles. The van der Waals surface area contributed by atoms with Gasteiger partial charge in [0.05, 0.1) is 14.9 Å². The summed E-state index contributed by atoms with van der Waals surface area (Å²) in [6, 6.07) is 4.87. The molecule has 5 nitrogen and oxygen atoms in total. The maximum Gasteiger partial charge on any atom is 0.336 e. The minimum absolute atomic E-state index is 0.110. The van der Waals surface area contributed by atoms with Crippen LogP contribution in [0.4, 0.5) is 0 Å². The van der Waals surface area contributed by atoms with Crippen LogP contribution in [0.15, 0.2) is 28.1 Å². The Morgan fingerprint density at radius 3 is 2.86 bits per heavy atom. The summed E-state index contributed by atoms with van der Waals surface area (Å²) in [6.45, 7) is 0.917. The van der Waals surface area contributed by atoms with Gasteiger partial charge in [0.25, 0.3) is 0 Å². The molecule has 0 saturated heterocycles. The third-order valence-electron chi connectivity index (χ3n) is 3.11. The molecule has 0 fully saturated rings. The van der Waals surface area contributed by atoms with Crippen molar-refractivity contribution >= 4 is 33.2 Å². The zero-order chi connectivity index (χ0) is 15.0. The first kappa shape index (κ1) is 14.4. The summed E-state index contributed by atoms with van der Waals surface area (Å²) < 4.78 is 11.7. The molecule has 0 saturated carbocycles. The first-order valence-electron chi connectivity index (χ1n) is 6.15. The van der Waals surface area contributed by atoms with E-state index < -0.39 is 12.1 Å². The van der Waals surface area contributed by atoms with Crippen molar-refractivity contribution in [3.63, 3.8) is 0 Å². The largest absolute Gasteiger partial charge is 0.486 e. The quantitative estimate of drug-likeness (QED) is 0.868. The van der Waals surface area contributed by atoms with E-state index in [4.69, 9.17) is 14.6 Å². The van der Waals surface area contributed by atoms with Gasteiger partial charge in [0.2, 0.25) is 0 Å². The van der Waals surface area contributed by atoms with Crippen LogP contribution in [0.1, 0.15) is 26.9 Å². The van der Waals surface area contributed by atoms with E-state index in [9.17, 15) is 9.90 Å². The average Bonchev–Trinajstić information content (AvgIpc) is 2.96. The fourth-order valence-electron chi connectivity index (χ4n) is 2.15. The number of benzene rings is 1. The molecular weight excluding hydrogens is 360 g/mol. The number of carbonyl (C=O) groups is 1. The van der Waals surface area contributed by atoms with Crippen molar-refractivity contribution in [2.24, 2.45) is 0 Å². The van der Waals surface area contributed by atoms with Gasteiger partial charge in [0.15, 0.2) is 11.5 Å². The summed E-state index contributed by atoms with van der Waals surface area (Å²) >= 11 is 4.59. The first-order chi connectivity index (χ1) is 10.1. The molecule has 21 heavy (non-hydrogen) atoms. The monoisotopic (exact) mass is 370 g/mol. The second-order valence-electron chi connectivity index (χ2n) is 4.43. The third-order valence-corrected chi connectivity index (χ3v) is 4.67. The molecule has 1 aromatic heterocycles. The Balaban J connectivity index is 2.02. The van der Waals surface area contributed by atoms with Gasteiger partial charge in [-0.2, -0.15) is 0 Å². The smallest absolute Gasteiger partial charge is 0.336 e. The zero-order valence-corrected chi connectivity index (χ0v) is 13.1. The molecular formula is C14H11BrO5S. The van der Waals surface area contributed by atoms with Gasteiger partial charge in [-0.15, -0.1) is 11.3 Å². The van der Waals surface area contributed by atoms with Crippen molar-refractivity contribution < 1.29 is 24.5 Å². The molecule has 1 unspecified atom stereocenters. The Morgan fingerprint density at radius 1 is 1.33 bits per heavy atom. The highest BCUT2D eigenvalue weighted by atomic mass is 79.9. The minimum Gasteiger partial charge on any atom is -0.486 e. The molecule has 0 radical (unpaired) electrons. The number of aliphatic hydroxyl groups excluding tert-OH is 1. The van der Waals surface area contributed by atoms with E-state index in [1.54, 1.807) is 17.5 Å². The van der Waals surface area contributed by atoms with E-state index in [1.807, 2.05) is 0 Å². The summed E-state index contributed by atoms with van der Waals surface area (Å²) in [5, 5.41) is 21.3. The minimum atomic E-state index is -1.05. The highest BCUT2D eigenvalue weighted by Crippen LogP contribution is 2.41. The van der Waals surface area contributed by atoms with Crippen molar-refractivity contribution in [1.82, 2.24) is 0 Å². The number of rotatable bonds is 3.